The molecule has 1 aromatic heterocycles. The highest BCUT2D eigenvalue weighted by Gasteiger charge is 2.21. The molecule has 0 spiro atoms. The fourth-order valence-electron chi connectivity index (χ4n) is 3.11. The second-order valence-corrected chi connectivity index (χ2v) is 5.52. The van der Waals surface area contributed by atoms with Crippen LogP contribution in [0.1, 0.15) is 39.0 Å². The summed E-state index contributed by atoms with van der Waals surface area (Å²) in [7, 11) is 0. The van der Waals surface area contributed by atoms with Gasteiger partial charge in [0.05, 0.1) is 5.52 Å². The van der Waals surface area contributed by atoms with Crippen molar-refractivity contribution in [2.24, 2.45) is 5.92 Å². The van der Waals surface area contributed by atoms with Crippen LogP contribution in [0.4, 0.5) is 5.82 Å². The van der Waals surface area contributed by atoms with Gasteiger partial charge in [-0.2, -0.15) is 0 Å². The monoisotopic (exact) mass is 255 g/mol. The molecule has 2 unspecified atom stereocenters. The van der Waals surface area contributed by atoms with Crippen LogP contribution in [0, 0.1) is 5.92 Å². The van der Waals surface area contributed by atoms with E-state index in [1.165, 1.54) is 32.1 Å². The summed E-state index contributed by atoms with van der Waals surface area (Å²) < 4.78 is 0. The van der Waals surface area contributed by atoms with Crippen molar-refractivity contribution in [3.8, 4) is 0 Å². The van der Waals surface area contributed by atoms with Crippen molar-refractivity contribution in [2.45, 2.75) is 45.1 Å². The fourth-order valence-corrected chi connectivity index (χ4v) is 3.11. The Morgan fingerprint density at radius 2 is 2.11 bits per heavy atom. The molecule has 3 rings (SSSR count). The summed E-state index contributed by atoms with van der Waals surface area (Å²) in [6, 6.07) is 8.77. The first-order valence-corrected chi connectivity index (χ1v) is 7.33. The number of nitrogens with one attached hydrogen (secondary N) is 1. The average Bonchev–Trinajstić information content (AvgIpc) is 2.48. The molecular weight excluding hydrogens is 234 g/mol. The second-order valence-electron chi connectivity index (χ2n) is 5.52. The maximum absolute atomic E-state index is 4.43. The van der Waals surface area contributed by atoms with Crippen LogP contribution in [0.25, 0.3) is 10.9 Å². The van der Waals surface area contributed by atoms with Gasteiger partial charge in [0.15, 0.2) is 0 Å². The van der Waals surface area contributed by atoms with E-state index in [0.717, 1.165) is 22.6 Å². The molecule has 1 fully saturated rings. The van der Waals surface area contributed by atoms with E-state index in [4.69, 9.17) is 0 Å². The van der Waals surface area contributed by atoms with Crippen LogP contribution >= 0.6 is 0 Å². The van der Waals surface area contributed by atoms with Gasteiger partial charge in [0.2, 0.25) is 0 Å². The second kappa shape index (κ2) is 5.55. The molecule has 2 atom stereocenters. The van der Waals surface area contributed by atoms with Crippen molar-refractivity contribution < 1.29 is 0 Å². The third kappa shape index (κ3) is 2.70. The SMILES string of the molecule is CCC1CCCC(Nc2ncnc3ccccc23)C1. The van der Waals surface area contributed by atoms with Crippen LogP contribution in [0.2, 0.25) is 0 Å². The number of nitrogens with zero attached hydrogens (tertiary/aromatic N) is 2. The number of rotatable bonds is 3. The predicted molar refractivity (Wildman–Crippen MR) is 79.2 cm³/mol. The zero-order chi connectivity index (χ0) is 13.1. The smallest absolute Gasteiger partial charge is 0.137 e. The highest BCUT2D eigenvalue weighted by Crippen LogP contribution is 2.29. The summed E-state index contributed by atoms with van der Waals surface area (Å²) in [5.41, 5.74) is 1.02. The summed E-state index contributed by atoms with van der Waals surface area (Å²) >= 11 is 0. The maximum atomic E-state index is 4.43. The first-order chi connectivity index (χ1) is 9.36. The standard InChI is InChI=1S/C16H21N3/c1-2-12-6-5-7-13(10-12)19-16-14-8-3-4-9-15(14)17-11-18-16/h3-4,8-9,11-13H,2,5-7,10H2,1H3,(H,17,18,19). The van der Waals surface area contributed by atoms with Gasteiger partial charge in [-0.25, -0.2) is 9.97 Å². The van der Waals surface area contributed by atoms with E-state index >= 15 is 0 Å². The minimum atomic E-state index is 0.567. The number of para-hydroxylation sites is 1. The molecule has 0 amide bonds. The van der Waals surface area contributed by atoms with E-state index in [-0.39, 0.29) is 0 Å². The summed E-state index contributed by atoms with van der Waals surface area (Å²) in [4.78, 5) is 8.74. The Kier molecular flexibility index (Phi) is 3.62. The van der Waals surface area contributed by atoms with Crippen LogP contribution in [-0.4, -0.2) is 16.0 Å². The lowest BCUT2D eigenvalue weighted by Crippen LogP contribution is -2.27. The molecule has 0 bridgehead atoms. The Labute approximate surface area is 114 Å². The van der Waals surface area contributed by atoms with Gasteiger partial charge in [-0.05, 0) is 30.9 Å². The van der Waals surface area contributed by atoms with Crippen LogP contribution < -0.4 is 5.32 Å². The lowest BCUT2D eigenvalue weighted by molar-refractivity contribution is 0.327. The molecule has 1 aliphatic rings. The molecule has 19 heavy (non-hydrogen) atoms. The Hall–Kier alpha value is -1.64. The highest BCUT2D eigenvalue weighted by atomic mass is 15.0. The van der Waals surface area contributed by atoms with Crippen molar-refractivity contribution in [3.05, 3.63) is 30.6 Å². The zero-order valence-corrected chi connectivity index (χ0v) is 11.5. The molecule has 1 N–H and O–H groups in total. The van der Waals surface area contributed by atoms with Crippen LogP contribution in [0.15, 0.2) is 30.6 Å². The highest BCUT2D eigenvalue weighted by molar-refractivity contribution is 5.88. The van der Waals surface area contributed by atoms with E-state index in [9.17, 15) is 0 Å². The summed E-state index contributed by atoms with van der Waals surface area (Å²) in [5.74, 6) is 1.87. The van der Waals surface area contributed by atoms with Gasteiger partial charge < -0.3 is 5.32 Å². The Morgan fingerprint density at radius 3 is 3.00 bits per heavy atom. The molecule has 1 aliphatic carbocycles. The molecule has 3 heteroatoms. The Balaban J connectivity index is 1.81. The van der Waals surface area contributed by atoms with Crippen molar-refractivity contribution >= 4 is 16.7 Å². The van der Waals surface area contributed by atoms with Gasteiger partial charge in [0.25, 0.3) is 0 Å². The van der Waals surface area contributed by atoms with E-state index in [1.54, 1.807) is 6.33 Å². The molecule has 1 heterocycles. The van der Waals surface area contributed by atoms with Crippen molar-refractivity contribution in [2.75, 3.05) is 5.32 Å². The van der Waals surface area contributed by atoms with E-state index in [1.807, 2.05) is 18.2 Å². The van der Waals surface area contributed by atoms with Crippen molar-refractivity contribution in [1.82, 2.24) is 9.97 Å². The largest absolute Gasteiger partial charge is 0.367 e. The predicted octanol–water partition coefficient (Wildman–Crippen LogP) is 4.01. The normalized spacial score (nSPS) is 23.4. The summed E-state index contributed by atoms with van der Waals surface area (Å²) in [6.07, 6.45) is 8.20. The fraction of sp³-hybridized carbons (Fsp3) is 0.500. The van der Waals surface area contributed by atoms with Gasteiger partial charge in [-0.3, -0.25) is 0 Å². The van der Waals surface area contributed by atoms with Crippen LogP contribution in [-0.2, 0) is 0 Å². The summed E-state index contributed by atoms with van der Waals surface area (Å²) in [6.45, 7) is 2.30. The molecule has 1 saturated carbocycles. The molecule has 0 saturated heterocycles. The zero-order valence-electron chi connectivity index (χ0n) is 11.5. The third-order valence-corrected chi connectivity index (χ3v) is 4.24. The van der Waals surface area contributed by atoms with Crippen molar-refractivity contribution in [1.29, 1.82) is 0 Å². The number of aromatic nitrogens is 2. The van der Waals surface area contributed by atoms with E-state index in [2.05, 4.69) is 28.3 Å². The van der Waals surface area contributed by atoms with Gasteiger partial charge in [-0.15, -0.1) is 0 Å². The average molecular weight is 255 g/mol. The molecule has 3 nitrogen and oxygen atoms in total. The van der Waals surface area contributed by atoms with Gasteiger partial charge in [0, 0.05) is 11.4 Å². The van der Waals surface area contributed by atoms with Crippen LogP contribution in [0.5, 0.6) is 0 Å². The molecule has 0 radical (unpaired) electrons. The number of hydrogen-bond donors (Lipinski definition) is 1. The number of fused-ring (bicyclic) bond motifs is 1. The Bertz CT molecular complexity index is 547. The van der Waals surface area contributed by atoms with Crippen LogP contribution in [0.3, 0.4) is 0 Å². The molecule has 0 aliphatic heterocycles. The quantitative estimate of drug-likeness (QED) is 0.900. The van der Waals surface area contributed by atoms with E-state index < -0.39 is 0 Å². The molecule has 2 aromatic rings. The first kappa shape index (κ1) is 12.4. The molecule has 100 valence electrons. The molecular formula is C16H21N3. The van der Waals surface area contributed by atoms with Gasteiger partial charge >= 0.3 is 0 Å². The number of hydrogen-bond acceptors (Lipinski definition) is 3. The molecule has 1 aromatic carbocycles. The van der Waals surface area contributed by atoms with Crippen molar-refractivity contribution in [3.63, 3.8) is 0 Å². The maximum Gasteiger partial charge on any atom is 0.137 e. The number of anilines is 1. The van der Waals surface area contributed by atoms with Gasteiger partial charge in [-0.1, -0.05) is 38.3 Å². The topological polar surface area (TPSA) is 37.8 Å². The number of benzene rings is 1. The minimum absolute atomic E-state index is 0.567. The van der Waals surface area contributed by atoms with Gasteiger partial charge in [0.1, 0.15) is 12.1 Å². The first-order valence-electron chi connectivity index (χ1n) is 7.33. The third-order valence-electron chi connectivity index (χ3n) is 4.24. The van der Waals surface area contributed by atoms with E-state index in [0.29, 0.717) is 6.04 Å². The lowest BCUT2D eigenvalue weighted by atomic mass is 9.84. The summed E-state index contributed by atoms with van der Waals surface area (Å²) in [5, 5.41) is 4.77. The Morgan fingerprint density at radius 1 is 1.21 bits per heavy atom. The minimum Gasteiger partial charge on any atom is -0.367 e. The lowest BCUT2D eigenvalue weighted by Gasteiger charge is -2.29.